The van der Waals surface area contributed by atoms with Crippen LogP contribution in [0.25, 0.3) is 11.2 Å². The number of carbonyl (C=O) groups is 1. The van der Waals surface area contributed by atoms with Gasteiger partial charge in [-0.3, -0.25) is 18.7 Å². The third-order valence-electron chi connectivity index (χ3n) is 6.10. The van der Waals surface area contributed by atoms with Crippen molar-refractivity contribution in [2.24, 2.45) is 14.1 Å². The minimum absolute atomic E-state index is 0.0448. The van der Waals surface area contributed by atoms with Gasteiger partial charge in [0.15, 0.2) is 11.2 Å². The first kappa shape index (κ1) is 21.0. The summed E-state index contributed by atoms with van der Waals surface area (Å²) >= 11 is 0. The van der Waals surface area contributed by atoms with Gasteiger partial charge >= 0.3 is 5.69 Å². The maximum atomic E-state index is 13.1. The van der Waals surface area contributed by atoms with E-state index in [2.05, 4.69) is 29.1 Å². The maximum Gasteiger partial charge on any atom is 0.332 e. The zero-order valence-corrected chi connectivity index (χ0v) is 18.2. The van der Waals surface area contributed by atoms with Crippen molar-refractivity contribution < 1.29 is 4.79 Å². The van der Waals surface area contributed by atoms with Gasteiger partial charge in [0, 0.05) is 46.7 Å². The number of fused-ring (bicyclic) bond motifs is 1. The number of piperazine rings is 1. The molecule has 1 fully saturated rings. The fraction of sp³-hybridized carbons (Fsp3) is 0.455. The SMILES string of the molecule is CN1CCN(C(=O)CCCn2cnc3c2c(=O)n(C)c(=O)n3C)C(c2ccccc2)C1. The van der Waals surface area contributed by atoms with Gasteiger partial charge < -0.3 is 14.4 Å². The highest BCUT2D eigenvalue weighted by Crippen LogP contribution is 2.25. The van der Waals surface area contributed by atoms with E-state index in [9.17, 15) is 14.4 Å². The number of benzene rings is 1. The van der Waals surface area contributed by atoms with Gasteiger partial charge in [0.05, 0.1) is 12.4 Å². The molecule has 9 nitrogen and oxygen atoms in total. The summed E-state index contributed by atoms with van der Waals surface area (Å²) in [7, 11) is 5.14. The van der Waals surface area contributed by atoms with Crippen molar-refractivity contribution in [3.63, 3.8) is 0 Å². The van der Waals surface area contributed by atoms with Crippen LogP contribution in [0.4, 0.5) is 0 Å². The molecule has 1 aliphatic heterocycles. The molecule has 1 aromatic carbocycles. The van der Waals surface area contributed by atoms with Gasteiger partial charge in [-0.25, -0.2) is 9.78 Å². The van der Waals surface area contributed by atoms with E-state index in [0.29, 0.717) is 37.1 Å². The van der Waals surface area contributed by atoms with Crippen molar-refractivity contribution in [1.29, 1.82) is 0 Å². The van der Waals surface area contributed by atoms with Gasteiger partial charge in [0.25, 0.3) is 5.56 Å². The molecule has 1 unspecified atom stereocenters. The van der Waals surface area contributed by atoms with E-state index in [1.54, 1.807) is 17.9 Å². The molecular formula is C22H28N6O3. The van der Waals surface area contributed by atoms with Crippen molar-refractivity contribution in [2.75, 3.05) is 26.7 Å². The number of hydrogen-bond donors (Lipinski definition) is 0. The van der Waals surface area contributed by atoms with Crippen LogP contribution in [-0.2, 0) is 25.4 Å². The van der Waals surface area contributed by atoms with E-state index in [1.807, 2.05) is 23.1 Å². The zero-order valence-electron chi connectivity index (χ0n) is 18.2. The molecule has 164 valence electrons. The molecule has 1 atom stereocenters. The Kier molecular flexibility index (Phi) is 5.77. The Bertz CT molecular complexity index is 1210. The molecule has 3 heterocycles. The largest absolute Gasteiger partial charge is 0.333 e. The summed E-state index contributed by atoms with van der Waals surface area (Å²) in [4.78, 5) is 46.2. The molecule has 0 N–H and O–H groups in total. The number of aryl methyl sites for hydroxylation is 2. The quantitative estimate of drug-likeness (QED) is 0.603. The Morgan fingerprint density at radius 3 is 2.55 bits per heavy atom. The minimum Gasteiger partial charge on any atom is -0.333 e. The van der Waals surface area contributed by atoms with E-state index >= 15 is 0 Å². The Labute approximate surface area is 180 Å². The first-order chi connectivity index (χ1) is 14.9. The van der Waals surface area contributed by atoms with Gasteiger partial charge in [-0.1, -0.05) is 30.3 Å². The lowest BCUT2D eigenvalue weighted by atomic mass is 10.0. The number of imidazole rings is 1. The van der Waals surface area contributed by atoms with E-state index in [4.69, 9.17) is 0 Å². The van der Waals surface area contributed by atoms with Crippen molar-refractivity contribution in [3.8, 4) is 0 Å². The molecule has 31 heavy (non-hydrogen) atoms. The standard InChI is InChI=1S/C22H28N6O3/c1-24-12-13-28(17(14-24)16-8-5-4-6-9-16)18(29)10-7-11-27-15-23-20-19(27)21(30)26(3)22(31)25(20)2/h4-6,8-9,15,17H,7,10-14H2,1-3H3. The fourth-order valence-electron chi connectivity index (χ4n) is 4.29. The minimum atomic E-state index is -0.403. The van der Waals surface area contributed by atoms with Gasteiger partial charge in [0.1, 0.15) is 0 Å². The fourth-order valence-corrected chi connectivity index (χ4v) is 4.29. The smallest absolute Gasteiger partial charge is 0.332 e. The van der Waals surface area contributed by atoms with Crippen LogP contribution in [0.1, 0.15) is 24.4 Å². The highest BCUT2D eigenvalue weighted by atomic mass is 16.2. The normalized spacial score (nSPS) is 17.4. The summed E-state index contributed by atoms with van der Waals surface area (Å²) in [6.07, 6.45) is 2.54. The second-order valence-corrected chi connectivity index (χ2v) is 8.20. The number of hydrogen-bond acceptors (Lipinski definition) is 5. The molecular weight excluding hydrogens is 396 g/mol. The predicted octanol–water partition coefficient (Wildman–Crippen LogP) is 0.729. The van der Waals surface area contributed by atoms with Gasteiger partial charge in [-0.2, -0.15) is 0 Å². The number of aromatic nitrogens is 4. The molecule has 0 radical (unpaired) electrons. The molecule has 0 aliphatic carbocycles. The first-order valence-corrected chi connectivity index (χ1v) is 10.5. The van der Waals surface area contributed by atoms with Crippen LogP contribution >= 0.6 is 0 Å². The highest BCUT2D eigenvalue weighted by molar-refractivity contribution is 5.77. The highest BCUT2D eigenvalue weighted by Gasteiger charge is 2.29. The van der Waals surface area contributed by atoms with Gasteiger partial charge in [0.2, 0.25) is 5.91 Å². The summed E-state index contributed by atoms with van der Waals surface area (Å²) in [5.41, 5.74) is 1.12. The summed E-state index contributed by atoms with van der Waals surface area (Å²) in [5.74, 6) is 0.117. The molecule has 1 saturated heterocycles. The van der Waals surface area contributed by atoms with Crippen LogP contribution in [0.3, 0.4) is 0 Å². The van der Waals surface area contributed by atoms with E-state index in [-0.39, 0.29) is 17.5 Å². The Morgan fingerprint density at radius 2 is 1.81 bits per heavy atom. The van der Waals surface area contributed by atoms with Gasteiger partial charge in [-0.05, 0) is 19.0 Å². The Balaban J connectivity index is 1.48. The summed E-state index contributed by atoms with van der Waals surface area (Å²) in [6.45, 7) is 2.85. The second-order valence-electron chi connectivity index (χ2n) is 8.20. The molecule has 1 amide bonds. The van der Waals surface area contributed by atoms with Crippen LogP contribution in [0.15, 0.2) is 46.2 Å². The van der Waals surface area contributed by atoms with E-state index < -0.39 is 5.69 Å². The first-order valence-electron chi connectivity index (χ1n) is 10.5. The lowest BCUT2D eigenvalue weighted by Gasteiger charge is -2.40. The molecule has 0 bridgehead atoms. The summed E-state index contributed by atoms with van der Waals surface area (Å²) < 4.78 is 4.19. The predicted molar refractivity (Wildman–Crippen MR) is 118 cm³/mol. The lowest BCUT2D eigenvalue weighted by Crippen LogP contribution is -2.49. The zero-order chi connectivity index (χ0) is 22.1. The average Bonchev–Trinajstić information content (AvgIpc) is 3.20. The number of amides is 1. The molecule has 9 heteroatoms. The molecule has 4 rings (SSSR count). The number of rotatable bonds is 5. The number of nitrogens with zero attached hydrogens (tertiary/aromatic N) is 6. The maximum absolute atomic E-state index is 13.1. The van der Waals surface area contributed by atoms with Crippen molar-refractivity contribution in [2.45, 2.75) is 25.4 Å². The van der Waals surface area contributed by atoms with Crippen LogP contribution in [0, 0.1) is 0 Å². The molecule has 0 spiro atoms. The monoisotopic (exact) mass is 424 g/mol. The molecule has 3 aromatic rings. The Morgan fingerprint density at radius 1 is 1.06 bits per heavy atom. The van der Waals surface area contributed by atoms with Crippen LogP contribution in [0.2, 0.25) is 0 Å². The average molecular weight is 425 g/mol. The lowest BCUT2D eigenvalue weighted by molar-refractivity contribution is -0.136. The third kappa shape index (κ3) is 3.93. The number of carbonyl (C=O) groups excluding carboxylic acids is 1. The molecule has 0 saturated carbocycles. The van der Waals surface area contributed by atoms with Crippen LogP contribution in [0.5, 0.6) is 0 Å². The third-order valence-corrected chi connectivity index (χ3v) is 6.10. The van der Waals surface area contributed by atoms with Crippen LogP contribution < -0.4 is 11.2 Å². The Hall–Kier alpha value is -3.20. The topological polar surface area (TPSA) is 85.4 Å². The second kappa shape index (κ2) is 8.50. The van der Waals surface area contributed by atoms with Crippen molar-refractivity contribution in [1.82, 2.24) is 28.5 Å². The van der Waals surface area contributed by atoms with E-state index in [0.717, 1.165) is 23.2 Å². The van der Waals surface area contributed by atoms with Crippen LogP contribution in [-0.4, -0.2) is 61.1 Å². The van der Waals surface area contributed by atoms with Gasteiger partial charge in [-0.15, -0.1) is 0 Å². The summed E-state index contributed by atoms with van der Waals surface area (Å²) in [6, 6.07) is 10.2. The summed E-state index contributed by atoms with van der Waals surface area (Å²) in [5, 5.41) is 0. The van der Waals surface area contributed by atoms with Crippen molar-refractivity contribution >= 4 is 17.1 Å². The number of likely N-dealkylation sites (N-methyl/N-ethyl adjacent to an activating group) is 1. The van der Waals surface area contributed by atoms with Crippen molar-refractivity contribution in [3.05, 3.63) is 63.1 Å². The molecule has 1 aliphatic rings. The molecule has 2 aromatic heterocycles. The van der Waals surface area contributed by atoms with E-state index in [1.165, 1.54) is 11.6 Å².